The first-order valence-electron chi connectivity index (χ1n) is 6.18. The largest absolute Gasteiger partial charge is 0.337 e. The number of hydrogen-bond donors (Lipinski definition) is 1. The molecule has 0 aliphatic rings. The summed E-state index contributed by atoms with van der Waals surface area (Å²) < 4.78 is 6.90. The van der Waals surface area contributed by atoms with Crippen LogP contribution in [0.2, 0.25) is 0 Å². The van der Waals surface area contributed by atoms with Gasteiger partial charge in [0.1, 0.15) is 6.04 Å². The number of hydrogen-bond acceptors (Lipinski definition) is 6. The van der Waals surface area contributed by atoms with E-state index in [9.17, 15) is 0 Å². The molecule has 7 heteroatoms. The summed E-state index contributed by atoms with van der Waals surface area (Å²) in [5.74, 6) is 0.976. The lowest BCUT2D eigenvalue weighted by atomic mass is 10.2. The molecule has 20 heavy (non-hydrogen) atoms. The van der Waals surface area contributed by atoms with Crippen molar-refractivity contribution >= 4 is 0 Å². The van der Waals surface area contributed by atoms with Gasteiger partial charge in [-0.1, -0.05) is 11.2 Å². The van der Waals surface area contributed by atoms with E-state index < -0.39 is 6.04 Å². The molecule has 0 aliphatic heterocycles. The molecule has 1 atom stereocenters. The van der Waals surface area contributed by atoms with E-state index in [2.05, 4.69) is 20.2 Å². The summed E-state index contributed by atoms with van der Waals surface area (Å²) >= 11 is 0. The van der Waals surface area contributed by atoms with Gasteiger partial charge < -0.3 is 10.3 Å². The minimum Gasteiger partial charge on any atom is -0.337 e. The second-order valence-electron chi connectivity index (χ2n) is 4.51. The maximum atomic E-state index is 6.07. The Hall–Kier alpha value is -2.54. The van der Waals surface area contributed by atoms with Crippen LogP contribution in [-0.4, -0.2) is 24.9 Å². The Balaban J connectivity index is 1.76. The van der Waals surface area contributed by atoms with E-state index in [1.165, 1.54) is 0 Å². The van der Waals surface area contributed by atoms with Gasteiger partial charge in [-0.05, 0) is 11.6 Å². The van der Waals surface area contributed by atoms with Crippen molar-refractivity contribution in [1.29, 1.82) is 0 Å². The van der Waals surface area contributed by atoms with Gasteiger partial charge in [0, 0.05) is 37.6 Å². The average molecular weight is 270 g/mol. The first-order valence-corrected chi connectivity index (χ1v) is 6.18. The highest BCUT2D eigenvalue weighted by atomic mass is 16.5. The third-order valence-electron chi connectivity index (χ3n) is 2.92. The van der Waals surface area contributed by atoms with Crippen LogP contribution in [-0.2, 0) is 13.5 Å². The van der Waals surface area contributed by atoms with Crippen molar-refractivity contribution in [3.63, 3.8) is 0 Å². The SMILES string of the molecule is Cn1cc(C(N)c2nc(Cc3cccnc3)no2)cn1. The third kappa shape index (κ3) is 2.57. The van der Waals surface area contributed by atoms with Crippen LogP contribution >= 0.6 is 0 Å². The Labute approximate surface area is 115 Å². The smallest absolute Gasteiger partial charge is 0.248 e. The summed E-state index contributed by atoms with van der Waals surface area (Å²) in [6, 6.07) is 3.38. The second-order valence-corrected chi connectivity index (χ2v) is 4.51. The fraction of sp³-hybridized carbons (Fsp3) is 0.231. The van der Waals surface area contributed by atoms with Gasteiger partial charge >= 0.3 is 0 Å². The van der Waals surface area contributed by atoms with E-state index >= 15 is 0 Å². The lowest BCUT2D eigenvalue weighted by Crippen LogP contribution is -2.11. The molecule has 3 heterocycles. The number of rotatable bonds is 4. The molecule has 3 aromatic heterocycles. The van der Waals surface area contributed by atoms with Gasteiger partial charge in [-0.2, -0.15) is 10.1 Å². The summed E-state index contributed by atoms with van der Waals surface area (Å²) in [5.41, 5.74) is 7.93. The van der Waals surface area contributed by atoms with Crippen molar-refractivity contribution in [2.75, 3.05) is 0 Å². The lowest BCUT2D eigenvalue weighted by Gasteiger charge is -2.01. The zero-order chi connectivity index (χ0) is 13.9. The van der Waals surface area contributed by atoms with Crippen molar-refractivity contribution in [2.24, 2.45) is 12.8 Å². The highest BCUT2D eigenvalue weighted by Gasteiger charge is 2.18. The maximum Gasteiger partial charge on any atom is 0.248 e. The predicted octanol–water partition coefficient (Wildman–Crippen LogP) is 0.837. The number of nitrogens with zero attached hydrogens (tertiary/aromatic N) is 5. The van der Waals surface area contributed by atoms with Crippen LogP contribution in [0.15, 0.2) is 41.4 Å². The monoisotopic (exact) mass is 270 g/mol. The van der Waals surface area contributed by atoms with Gasteiger partial charge in [-0.15, -0.1) is 0 Å². The summed E-state index contributed by atoms with van der Waals surface area (Å²) in [5, 5.41) is 8.02. The predicted molar refractivity (Wildman–Crippen MR) is 70.6 cm³/mol. The average Bonchev–Trinajstić information content (AvgIpc) is 3.08. The lowest BCUT2D eigenvalue weighted by molar-refractivity contribution is 0.363. The molecule has 0 radical (unpaired) electrons. The Morgan fingerprint density at radius 1 is 1.40 bits per heavy atom. The standard InChI is InChI=1S/C13H14N6O/c1-19-8-10(7-16-19)12(14)13-17-11(18-20-13)5-9-3-2-4-15-6-9/h2-4,6-8,12H,5,14H2,1H3. The highest BCUT2D eigenvalue weighted by molar-refractivity contribution is 5.18. The van der Waals surface area contributed by atoms with Crippen LogP contribution in [0.25, 0.3) is 0 Å². The fourth-order valence-corrected chi connectivity index (χ4v) is 1.89. The van der Waals surface area contributed by atoms with Gasteiger partial charge in [0.25, 0.3) is 0 Å². The van der Waals surface area contributed by atoms with Gasteiger partial charge in [0.2, 0.25) is 5.89 Å². The molecule has 7 nitrogen and oxygen atoms in total. The molecular weight excluding hydrogens is 256 g/mol. The van der Waals surface area contributed by atoms with Crippen LogP contribution in [0, 0.1) is 0 Å². The van der Waals surface area contributed by atoms with Crippen LogP contribution < -0.4 is 5.73 Å². The van der Waals surface area contributed by atoms with Crippen molar-refractivity contribution in [1.82, 2.24) is 24.9 Å². The first kappa shape index (κ1) is 12.5. The summed E-state index contributed by atoms with van der Waals surface area (Å²) in [6.07, 6.45) is 7.59. The second kappa shape index (κ2) is 5.22. The quantitative estimate of drug-likeness (QED) is 0.754. The zero-order valence-corrected chi connectivity index (χ0v) is 11.0. The van der Waals surface area contributed by atoms with Crippen LogP contribution in [0.4, 0.5) is 0 Å². The molecule has 2 N–H and O–H groups in total. The minimum absolute atomic E-state index is 0.386. The van der Waals surface area contributed by atoms with Gasteiger partial charge in [-0.25, -0.2) is 0 Å². The van der Waals surface area contributed by atoms with E-state index in [1.807, 2.05) is 25.4 Å². The minimum atomic E-state index is -0.459. The van der Waals surface area contributed by atoms with E-state index in [0.717, 1.165) is 11.1 Å². The number of aryl methyl sites for hydroxylation is 1. The number of aromatic nitrogens is 5. The summed E-state index contributed by atoms with van der Waals surface area (Å²) in [4.78, 5) is 8.37. The molecular formula is C13H14N6O. The molecule has 0 spiro atoms. The van der Waals surface area contributed by atoms with Crippen molar-refractivity contribution in [3.05, 3.63) is 59.8 Å². The van der Waals surface area contributed by atoms with Crippen molar-refractivity contribution in [3.8, 4) is 0 Å². The third-order valence-corrected chi connectivity index (χ3v) is 2.92. The topological polar surface area (TPSA) is 95.7 Å². The number of pyridine rings is 1. The molecule has 3 aromatic rings. The van der Waals surface area contributed by atoms with Gasteiger partial charge in [0.05, 0.1) is 6.20 Å². The van der Waals surface area contributed by atoms with E-state index in [-0.39, 0.29) is 0 Å². The molecule has 0 amide bonds. The molecule has 0 fully saturated rings. The van der Waals surface area contributed by atoms with Crippen molar-refractivity contribution < 1.29 is 4.52 Å². The van der Waals surface area contributed by atoms with E-state index in [0.29, 0.717) is 18.1 Å². The van der Waals surface area contributed by atoms with Crippen LogP contribution in [0.3, 0.4) is 0 Å². The Morgan fingerprint density at radius 2 is 2.30 bits per heavy atom. The molecule has 0 aliphatic carbocycles. The Bertz CT molecular complexity index is 690. The van der Waals surface area contributed by atoms with Crippen LogP contribution in [0.5, 0.6) is 0 Å². The molecule has 0 saturated heterocycles. The molecule has 1 unspecified atom stereocenters. The van der Waals surface area contributed by atoms with Crippen molar-refractivity contribution in [2.45, 2.75) is 12.5 Å². The van der Waals surface area contributed by atoms with E-state index in [1.54, 1.807) is 23.3 Å². The van der Waals surface area contributed by atoms with Gasteiger partial charge in [-0.3, -0.25) is 9.67 Å². The molecule has 102 valence electrons. The van der Waals surface area contributed by atoms with Gasteiger partial charge in [0.15, 0.2) is 5.82 Å². The normalized spacial score (nSPS) is 12.5. The first-order chi connectivity index (χ1) is 9.72. The molecule has 0 bridgehead atoms. The maximum absolute atomic E-state index is 6.07. The highest BCUT2D eigenvalue weighted by Crippen LogP contribution is 2.17. The Kier molecular flexibility index (Phi) is 3.26. The summed E-state index contributed by atoms with van der Waals surface area (Å²) in [6.45, 7) is 0. The zero-order valence-electron chi connectivity index (χ0n) is 11.0. The molecule has 0 saturated carbocycles. The summed E-state index contributed by atoms with van der Waals surface area (Å²) in [7, 11) is 1.83. The number of nitrogens with two attached hydrogens (primary N) is 1. The Morgan fingerprint density at radius 3 is 3.00 bits per heavy atom. The van der Waals surface area contributed by atoms with E-state index in [4.69, 9.17) is 10.3 Å². The molecule has 0 aromatic carbocycles. The fourth-order valence-electron chi connectivity index (χ4n) is 1.89. The molecule has 3 rings (SSSR count). The van der Waals surface area contributed by atoms with Crippen LogP contribution in [0.1, 0.15) is 28.9 Å².